The molecule has 0 aromatic heterocycles. The lowest BCUT2D eigenvalue weighted by molar-refractivity contribution is 0.493. The van der Waals surface area contributed by atoms with Gasteiger partial charge in [-0.2, -0.15) is 0 Å². The molecule has 1 aliphatic heterocycles. The molecule has 0 radical (unpaired) electrons. The molecule has 1 aromatic rings. The molecular formula is C12H16N2. The van der Waals surface area contributed by atoms with Gasteiger partial charge >= 0.3 is 0 Å². The minimum absolute atomic E-state index is 0.201. The molecule has 2 rings (SSSR count). The van der Waals surface area contributed by atoms with Gasteiger partial charge in [0, 0.05) is 12.1 Å². The van der Waals surface area contributed by atoms with Gasteiger partial charge in [-0.05, 0) is 24.6 Å². The van der Waals surface area contributed by atoms with Crippen LogP contribution in [0.1, 0.15) is 12.0 Å². The van der Waals surface area contributed by atoms with Gasteiger partial charge in [0.15, 0.2) is 0 Å². The van der Waals surface area contributed by atoms with Crippen molar-refractivity contribution in [2.45, 2.75) is 24.9 Å². The van der Waals surface area contributed by atoms with E-state index >= 15 is 0 Å². The molecular weight excluding hydrogens is 172 g/mol. The van der Waals surface area contributed by atoms with Crippen molar-refractivity contribution < 1.29 is 0 Å². The van der Waals surface area contributed by atoms with Gasteiger partial charge in [-0.3, -0.25) is 0 Å². The zero-order chi connectivity index (χ0) is 9.80. The van der Waals surface area contributed by atoms with E-state index in [1.54, 1.807) is 0 Å². The van der Waals surface area contributed by atoms with Gasteiger partial charge in [0.05, 0.1) is 0 Å². The van der Waals surface area contributed by atoms with Crippen LogP contribution in [0.3, 0.4) is 0 Å². The van der Waals surface area contributed by atoms with Crippen molar-refractivity contribution >= 4 is 0 Å². The molecule has 1 aromatic carbocycles. The van der Waals surface area contributed by atoms with E-state index in [1.165, 1.54) is 5.56 Å². The van der Waals surface area contributed by atoms with Crippen LogP contribution in [-0.4, -0.2) is 12.1 Å². The van der Waals surface area contributed by atoms with E-state index in [0.717, 1.165) is 12.8 Å². The van der Waals surface area contributed by atoms with Gasteiger partial charge in [0.1, 0.15) is 0 Å². The summed E-state index contributed by atoms with van der Waals surface area (Å²) in [6.07, 6.45) is 6.12. The molecule has 2 atom stereocenters. The van der Waals surface area contributed by atoms with Gasteiger partial charge in [0.2, 0.25) is 0 Å². The van der Waals surface area contributed by atoms with Gasteiger partial charge in [-0.1, -0.05) is 36.4 Å². The maximum Gasteiger partial charge on any atom is 0.0445 e. The van der Waals surface area contributed by atoms with Crippen LogP contribution in [-0.2, 0) is 6.42 Å². The van der Waals surface area contributed by atoms with Gasteiger partial charge in [-0.15, -0.1) is 0 Å². The molecule has 3 N–H and O–H groups in total. The molecule has 74 valence electrons. The SMILES string of the molecule is N[C@@H](Cc1ccccc1)[C@H]1CC=CN1. The van der Waals surface area contributed by atoms with Crippen LogP contribution in [0.2, 0.25) is 0 Å². The Morgan fingerprint density at radius 3 is 2.79 bits per heavy atom. The van der Waals surface area contributed by atoms with E-state index in [9.17, 15) is 0 Å². The molecule has 0 spiro atoms. The molecule has 14 heavy (non-hydrogen) atoms. The maximum atomic E-state index is 6.11. The van der Waals surface area contributed by atoms with Crippen molar-refractivity contribution in [3.05, 3.63) is 48.2 Å². The molecule has 0 unspecified atom stereocenters. The minimum Gasteiger partial charge on any atom is -0.387 e. The van der Waals surface area contributed by atoms with Crippen molar-refractivity contribution in [3.8, 4) is 0 Å². The zero-order valence-corrected chi connectivity index (χ0v) is 8.19. The van der Waals surface area contributed by atoms with Crippen LogP contribution in [0.25, 0.3) is 0 Å². The number of nitrogens with one attached hydrogen (secondary N) is 1. The van der Waals surface area contributed by atoms with Crippen LogP contribution < -0.4 is 11.1 Å². The standard InChI is InChI=1S/C12H16N2/c13-11(12-7-4-8-14-12)9-10-5-2-1-3-6-10/h1-6,8,11-12,14H,7,9,13H2/t11-,12+/m0/s1. The fraction of sp³-hybridized carbons (Fsp3) is 0.333. The summed E-state index contributed by atoms with van der Waals surface area (Å²) < 4.78 is 0. The summed E-state index contributed by atoms with van der Waals surface area (Å²) >= 11 is 0. The van der Waals surface area contributed by atoms with E-state index < -0.39 is 0 Å². The third-order valence-corrected chi connectivity index (χ3v) is 2.65. The van der Waals surface area contributed by atoms with Gasteiger partial charge in [0.25, 0.3) is 0 Å². The summed E-state index contributed by atoms with van der Waals surface area (Å²) in [5.41, 5.74) is 7.42. The predicted molar refractivity (Wildman–Crippen MR) is 58.8 cm³/mol. The lowest BCUT2D eigenvalue weighted by atomic mass is 9.99. The van der Waals surface area contributed by atoms with Crippen molar-refractivity contribution in [1.82, 2.24) is 5.32 Å². The summed E-state index contributed by atoms with van der Waals surface area (Å²) in [7, 11) is 0. The Bertz CT molecular complexity index is 297. The topological polar surface area (TPSA) is 38.0 Å². The first-order valence-corrected chi connectivity index (χ1v) is 5.07. The van der Waals surface area contributed by atoms with E-state index in [4.69, 9.17) is 5.73 Å². The highest BCUT2D eigenvalue weighted by molar-refractivity contribution is 5.17. The maximum absolute atomic E-state index is 6.11. The molecule has 0 amide bonds. The molecule has 2 heteroatoms. The molecule has 0 saturated heterocycles. The normalized spacial score (nSPS) is 21.9. The Hall–Kier alpha value is -1.28. The minimum atomic E-state index is 0.201. The highest BCUT2D eigenvalue weighted by atomic mass is 14.9. The van der Waals surface area contributed by atoms with Crippen molar-refractivity contribution in [3.63, 3.8) is 0 Å². The number of rotatable bonds is 3. The lowest BCUT2D eigenvalue weighted by Crippen LogP contribution is -2.42. The quantitative estimate of drug-likeness (QED) is 0.753. The van der Waals surface area contributed by atoms with Crippen LogP contribution in [0.5, 0.6) is 0 Å². The van der Waals surface area contributed by atoms with Crippen LogP contribution in [0.4, 0.5) is 0 Å². The van der Waals surface area contributed by atoms with Crippen molar-refractivity contribution in [2.24, 2.45) is 5.73 Å². The largest absolute Gasteiger partial charge is 0.387 e. The summed E-state index contributed by atoms with van der Waals surface area (Å²) in [6.45, 7) is 0. The Kier molecular flexibility index (Phi) is 2.84. The Morgan fingerprint density at radius 1 is 1.36 bits per heavy atom. The summed E-state index contributed by atoms with van der Waals surface area (Å²) in [5, 5.41) is 3.27. The third kappa shape index (κ3) is 2.15. The molecule has 0 saturated carbocycles. The number of hydrogen-bond donors (Lipinski definition) is 2. The summed E-state index contributed by atoms with van der Waals surface area (Å²) in [6, 6.07) is 11.0. The van der Waals surface area contributed by atoms with E-state index in [1.807, 2.05) is 12.3 Å². The van der Waals surface area contributed by atoms with Crippen LogP contribution >= 0.6 is 0 Å². The van der Waals surface area contributed by atoms with Crippen molar-refractivity contribution in [1.29, 1.82) is 0 Å². The van der Waals surface area contributed by atoms with Crippen LogP contribution in [0.15, 0.2) is 42.6 Å². The number of hydrogen-bond acceptors (Lipinski definition) is 2. The van der Waals surface area contributed by atoms with E-state index in [2.05, 4.69) is 35.7 Å². The fourth-order valence-corrected chi connectivity index (χ4v) is 1.80. The molecule has 2 nitrogen and oxygen atoms in total. The highest BCUT2D eigenvalue weighted by Gasteiger charge is 2.17. The second-order valence-corrected chi connectivity index (χ2v) is 3.76. The third-order valence-electron chi connectivity index (χ3n) is 2.65. The Labute approximate surface area is 84.8 Å². The fourth-order valence-electron chi connectivity index (χ4n) is 1.80. The monoisotopic (exact) mass is 188 g/mol. The van der Waals surface area contributed by atoms with Crippen LogP contribution in [0, 0.1) is 0 Å². The zero-order valence-electron chi connectivity index (χ0n) is 8.19. The first kappa shape index (κ1) is 9.28. The first-order chi connectivity index (χ1) is 6.86. The highest BCUT2D eigenvalue weighted by Crippen LogP contribution is 2.10. The lowest BCUT2D eigenvalue weighted by Gasteiger charge is -2.19. The predicted octanol–water partition coefficient (Wildman–Crippen LogP) is 1.43. The smallest absolute Gasteiger partial charge is 0.0445 e. The second kappa shape index (κ2) is 4.29. The van der Waals surface area contributed by atoms with Gasteiger partial charge < -0.3 is 11.1 Å². The van der Waals surface area contributed by atoms with E-state index in [0.29, 0.717) is 6.04 Å². The summed E-state index contributed by atoms with van der Waals surface area (Å²) in [5.74, 6) is 0. The average molecular weight is 188 g/mol. The van der Waals surface area contributed by atoms with E-state index in [-0.39, 0.29) is 6.04 Å². The van der Waals surface area contributed by atoms with Gasteiger partial charge in [-0.25, -0.2) is 0 Å². The van der Waals surface area contributed by atoms with Crippen molar-refractivity contribution in [2.75, 3.05) is 0 Å². The molecule has 0 aliphatic carbocycles. The number of nitrogens with two attached hydrogens (primary N) is 1. The molecule has 1 aliphatic rings. The first-order valence-electron chi connectivity index (χ1n) is 5.07. The Morgan fingerprint density at radius 2 is 2.14 bits per heavy atom. The molecule has 0 fully saturated rings. The average Bonchev–Trinajstić information content (AvgIpc) is 2.72. The molecule has 0 bridgehead atoms. The molecule has 1 heterocycles. The second-order valence-electron chi connectivity index (χ2n) is 3.76. The number of benzene rings is 1. The summed E-state index contributed by atoms with van der Waals surface area (Å²) in [4.78, 5) is 0. The Balaban J connectivity index is 1.91.